The Bertz CT molecular complexity index is 446. The molecule has 1 aliphatic rings. The number of piperazine rings is 1. The average molecular weight is 309 g/mol. The van der Waals surface area contributed by atoms with E-state index in [1.54, 1.807) is 0 Å². The minimum atomic E-state index is 0.330. The molecule has 1 fully saturated rings. The van der Waals surface area contributed by atoms with Gasteiger partial charge in [0.2, 0.25) is 0 Å². The number of aryl methyl sites for hydroxylation is 1. The van der Waals surface area contributed by atoms with Crippen molar-refractivity contribution in [1.82, 2.24) is 10.2 Å². The Labute approximate surface area is 134 Å². The first kappa shape index (κ1) is 17.0. The molecule has 0 aromatic carbocycles. The molecule has 2 nitrogen and oxygen atoms in total. The van der Waals surface area contributed by atoms with Gasteiger partial charge in [0.1, 0.15) is 0 Å². The third-order valence-corrected chi connectivity index (χ3v) is 5.86. The molecule has 1 saturated heterocycles. The highest BCUT2D eigenvalue weighted by Crippen LogP contribution is 2.27. The van der Waals surface area contributed by atoms with Gasteiger partial charge < -0.3 is 5.32 Å². The molecule has 0 bridgehead atoms. The standard InChI is InChI=1S/C18H32N2S/c1-7-15-11-19-17(18(4,5)6)12-20(15)13(2)10-16-9-8-14(3)21-16/h8-9,13,15,17,19H,7,10-12H2,1-6H3. The summed E-state index contributed by atoms with van der Waals surface area (Å²) in [6.07, 6.45) is 2.42. The van der Waals surface area contributed by atoms with Crippen LogP contribution >= 0.6 is 11.3 Å². The van der Waals surface area contributed by atoms with E-state index in [-0.39, 0.29) is 0 Å². The molecule has 21 heavy (non-hydrogen) atoms. The lowest BCUT2D eigenvalue weighted by Gasteiger charge is -2.47. The minimum absolute atomic E-state index is 0.330. The zero-order valence-corrected chi connectivity index (χ0v) is 15.4. The first-order chi connectivity index (χ1) is 9.81. The van der Waals surface area contributed by atoms with Gasteiger partial charge in [-0.2, -0.15) is 0 Å². The van der Waals surface area contributed by atoms with Crippen molar-refractivity contribution in [3.63, 3.8) is 0 Å². The van der Waals surface area contributed by atoms with E-state index < -0.39 is 0 Å². The third kappa shape index (κ3) is 4.30. The first-order valence-electron chi connectivity index (χ1n) is 8.35. The van der Waals surface area contributed by atoms with Crippen molar-refractivity contribution in [1.29, 1.82) is 0 Å². The summed E-state index contributed by atoms with van der Waals surface area (Å²) in [5, 5.41) is 3.77. The Morgan fingerprint density at radius 3 is 2.62 bits per heavy atom. The smallest absolute Gasteiger partial charge is 0.0244 e. The summed E-state index contributed by atoms with van der Waals surface area (Å²) < 4.78 is 0. The molecule has 3 atom stereocenters. The van der Waals surface area contributed by atoms with E-state index in [0.29, 0.717) is 23.5 Å². The van der Waals surface area contributed by atoms with Crippen LogP contribution in [0.25, 0.3) is 0 Å². The predicted octanol–water partition coefficient (Wildman–Crippen LogP) is 4.09. The molecule has 0 radical (unpaired) electrons. The lowest BCUT2D eigenvalue weighted by molar-refractivity contribution is 0.0538. The molecule has 1 N–H and O–H groups in total. The number of hydrogen-bond acceptors (Lipinski definition) is 3. The molecule has 0 saturated carbocycles. The van der Waals surface area contributed by atoms with Gasteiger partial charge in [0.15, 0.2) is 0 Å². The highest BCUT2D eigenvalue weighted by molar-refractivity contribution is 7.11. The van der Waals surface area contributed by atoms with Crippen LogP contribution in [0, 0.1) is 12.3 Å². The summed E-state index contributed by atoms with van der Waals surface area (Å²) in [7, 11) is 0. The number of hydrogen-bond donors (Lipinski definition) is 1. The highest BCUT2D eigenvalue weighted by Gasteiger charge is 2.35. The SMILES string of the molecule is CCC1CNC(C(C)(C)C)CN1C(C)Cc1ccc(C)s1. The van der Waals surface area contributed by atoms with Gasteiger partial charge in [-0.3, -0.25) is 4.90 Å². The Kier molecular flexibility index (Phi) is 5.50. The second-order valence-electron chi connectivity index (χ2n) is 7.65. The Morgan fingerprint density at radius 2 is 2.10 bits per heavy atom. The maximum absolute atomic E-state index is 3.77. The van der Waals surface area contributed by atoms with Gasteiger partial charge in [-0.05, 0) is 44.2 Å². The van der Waals surface area contributed by atoms with Crippen molar-refractivity contribution in [2.75, 3.05) is 13.1 Å². The van der Waals surface area contributed by atoms with E-state index in [1.807, 2.05) is 11.3 Å². The van der Waals surface area contributed by atoms with Crippen LogP contribution < -0.4 is 5.32 Å². The van der Waals surface area contributed by atoms with Crippen molar-refractivity contribution in [3.05, 3.63) is 21.9 Å². The second-order valence-corrected chi connectivity index (χ2v) is 9.02. The summed E-state index contributed by atoms with van der Waals surface area (Å²) in [6.45, 7) is 16.3. The predicted molar refractivity (Wildman–Crippen MR) is 94.3 cm³/mol. The van der Waals surface area contributed by atoms with Crippen LogP contribution in [0.5, 0.6) is 0 Å². The van der Waals surface area contributed by atoms with Gasteiger partial charge in [0, 0.05) is 41.0 Å². The van der Waals surface area contributed by atoms with Crippen LogP contribution in [-0.4, -0.2) is 36.1 Å². The van der Waals surface area contributed by atoms with Crippen molar-refractivity contribution in [2.24, 2.45) is 5.41 Å². The second kappa shape index (κ2) is 6.80. The van der Waals surface area contributed by atoms with Crippen molar-refractivity contribution in [2.45, 2.75) is 72.5 Å². The Hall–Kier alpha value is -0.380. The van der Waals surface area contributed by atoms with Crippen LogP contribution in [-0.2, 0) is 6.42 Å². The molecular formula is C18H32N2S. The van der Waals surface area contributed by atoms with E-state index in [1.165, 1.54) is 29.1 Å². The van der Waals surface area contributed by atoms with Crippen LogP contribution in [0.15, 0.2) is 12.1 Å². The molecule has 0 amide bonds. The molecule has 1 aliphatic heterocycles. The molecule has 2 rings (SSSR count). The lowest BCUT2D eigenvalue weighted by atomic mass is 9.84. The number of rotatable bonds is 4. The normalized spacial score (nSPS) is 26.0. The number of nitrogens with zero attached hydrogens (tertiary/aromatic N) is 1. The summed E-state index contributed by atoms with van der Waals surface area (Å²) in [4.78, 5) is 5.71. The van der Waals surface area contributed by atoms with E-state index >= 15 is 0 Å². The van der Waals surface area contributed by atoms with E-state index in [4.69, 9.17) is 0 Å². The van der Waals surface area contributed by atoms with Gasteiger partial charge in [-0.25, -0.2) is 0 Å². The maximum Gasteiger partial charge on any atom is 0.0244 e. The van der Waals surface area contributed by atoms with Crippen molar-refractivity contribution < 1.29 is 0 Å². The summed E-state index contributed by atoms with van der Waals surface area (Å²) in [5.41, 5.74) is 0.330. The fourth-order valence-electron chi connectivity index (χ4n) is 3.32. The van der Waals surface area contributed by atoms with Crippen LogP contribution in [0.3, 0.4) is 0 Å². The molecule has 2 heterocycles. The third-order valence-electron chi connectivity index (χ3n) is 4.84. The maximum atomic E-state index is 3.77. The van der Waals surface area contributed by atoms with Crippen molar-refractivity contribution in [3.8, 4) is 0 Å². The summed E-state index contributed by atoms with van der Waals surface area (Å²) >= 11 is 1.95. The Morgan fingerprint density at radius 1 is 1.38 bits per heavy atom. The topological polar surface area (TPSA) is 15.3 Å². The quantitative estimate of drug-likeness (QED) is 0.901. The lowest BCUT2D eigenvalue weighted by Crippen LogP contribution is -2.62. The number of thiophene rings is 1. The highest BCUT2D eigenvalue weighted by atomic mass is 32.1. The summed E-state index contributed by atoms with van der Waals surface area (Å²) in [5.74, 6) is 0. The van der Waals surface area contributed by atoms with Gasteiger partial charge in [0.25, 0.3) is 0 Å². The summed E-state index contributed by atoms with van der Waals surface area (Å²) in [6, 6.07) is 6.45. The molecular weight excluding hydrogens is 276 g/mol. The van der Waals surface area contributed by atoms with Crippen LogP contribution in [0.1, 0.15) is 50.8 Å². The fraction of sp³-hybridized carbons (Fsp3) is 0.778. The monoisotopic (exact) mass is 308 g/mol. The molecule has 3 heteroatoms. The average Bonchev–Trinajstić information content (AvgIpc) is 2.82. The first-order valence-corrected chi connectivity index (χ1v) is 9.17. The van der Waals surface area contributed by atoms with Gasteiger partial charge in [0.05, 0.1) is 0 Å². The van der Waals surface area contributed by atoms with E-state index in [0.717, 1.165) is 6.54 Å². The molecule has 1 aromatic rings. The minimum Gasteiger partial charge on any atom is -0.311 e. The van der Waals surface area contributed by atoms with Gasteiger partial charge in [-0.15, -0.1) is 11.3 Å². The molecule has 0 aliphatic carbocycles. The molecule has 3 unspecified atom stereocenters. The van der Waals surface area contributed by atoms with Gasteiger partial charge >= 0.3 is 0 Å². The Balaban J connectivity index is 2.05. The zero-order valence-electron chi connectivity index (χ0n) is 14.6. The van der Waals surface area contributed by atoms with E-state index in [2.05, 4.69) is 63.9 Å². The van der Waals surface area contributed by atoms with Crippen LogP contribution in [0.4, 0.5) is 0 Å². The fourth-order valence-corrected chi connectivity index (χ4v) is 4.33. The molecule has 120 valence electrons. The van der Waals surface area contributed by atoms with Crippen LogP contribution in [0.2, 0.25) is 0 Å². The molecule has 0 spiro atoms. The van der Waals surface area contributed by atoms with E-state index in [9.17, 15) is 0 Å². The zero-order chi connectivity index (χ0) is 15.6. The van der Waals surface area contributed by atoms with Crippen molar-refractivity contribution >= 4 is 11.3 Å². The number of nitrogens with one attached hydrogen (secondary N) is 1. The van der Waals surface area contributed by atoms with Gasteiger partial charge in [-0.1, -0.05) is 27.7 Å². The largest absolute Gasteiger partial charge is 0.311 e. The molecule has 1 aromatic heterocycles.